The highest BCUT2D eigenvalue weighted by Crippen LogP contribution is 1.48. The van der Waals surface area contributed by atoms with Crippen LogP contribution in [-0.4, -0.2) is 6.29 Å². The molecule has 0 spiro atoms. The van der Waals surface area contributed by atoms with Crippen LogP contribution < -0.4 is 0 Å². The van der Waals surface area contributed by atoms with Crippen molar-refractivity contribution >= 4 is 6.29 Å². The second-order valence-electron chi connectivity index (χ2n) is 0.624. The minimum Gasteiger partial charge on any atom is -0.298 e. The van der Waals surface area contributed by atoms with Gasteiger partial charge in [0.15, 0.2) is 6.29 Å². The molecule has 0 rings (SSSR count). The smallest absolute Gasteiger partial charge is 0.151 e. The first-order chi connectivity index (χ1) is 2.91. The highest BCUT2D eigenvalue weighted by atomic mass is 16.1. The van der Waals surface area contributed by atoms with Crippen molar-refractivity contribution in [1.29, 1.82) is 0 Å². The molecule has 0 aromatic rings. The summed E-state index contributed by atoms with van der Waals surface area (Å²) < 4.78 is 0. The van der Waals surface area contributed by atoms with Crippen molar-refractivity contribution in [3.8, 4) is 0 Å². The summed E-state index contributed by atoms with van der Waals surface area (Å²) in [5.41, 5.74) is 4.63. The molecule has 1 heteroatoms. The fraction of sp³-hybridized carbons (Fsp3) is 0. The van der Waals surface area contributed by atoms with Crippen LogP contribution in [0.15, 0.2) is 24.1 Å². The predicted molar refractivity (Wildman–Crippen MR) is 23.3 cm³/mol. The molecule has 0 fully saturated rings. The van der Waals surface area contributed by atoms with Gasteiger partial charge in [0.1, 0.15) is 0 Å². The average Bonchev–Trinajstić information content (AvgIpc) is 1.61. The van der Waals surface area contributed by atoms with Crippen molar-refractivity contribution in [3.05, 3.63) is 24.1 Å². The van der Waals surface area contributed by atoms with Crippen LogP contribution in [0, 0.1) is 0 Å². The van der Waals surface area contributed by atoms with Crippen LogP contribution in [-0.2, 0) is 4.79 Å². The molecule has 0 saturated heterocycles. The molecule has 0 saturated carbocycles. The third-order valence-electron chi connectivity index (χ3n) is 0.253. The molecule has 1 nitrogen and oxygen atoms in total. The van der Waals surface area contributed by atoms with Gasteiger partial charge in [-0.3, -0.25) is 4.79 Å². The molecule has 0 aliphatic carbocycles. The Morgan fingerprint density at radius 3 is 2.50 bits per heavy atom. The minimum atomic E-state index is 0.623. The Bertz CT molecular complexity index is 112. The molecule has 0 unspecified atom stereocenters. The second-order valence-corrected chi connectivity index (χ2v) is 0.624. The van der Waals surface area contributed by atoms with Crippen molar-refractivity contribution in [2.45, 2.75) is 0 Å². The van der Waals surface area contributed by atoms with Gasteiger partial charge in [-0.15, -0.1) is 0 Å². The zero-order valence-electron chi connectivity index (χ0n) is 3.27. The molecule has 0 bridgehead atoms. The van der Waals surface area contributed by atoms with E-state index >= 15 is 0 Å². The van der Waals surface area contributed by atoms with Gasteiger partial charge in [-0.25, -0.2) is 0 Å². The third kappa shape index (κ3) is 2.97. The first-order valence-electron chi connectivity index (χ1n) is 1.46. The van der Waals surface area contributed by atoms with Crippen molar-refractivity contribution in [3.63, 3.8) is 0 Å². The molecule has 6 heavy (non-hydrogen) atoms. The van der Waals surface area contributed by atoms with Gasteiger partial charge in [-0.2, -0.15) is 0 Å². The van der Waals surface area contributed by atoms with Crippen LogP contribution >= 0.6 is 0 Å². The number of hydrogen-bond acceptors (Lipinski definition) is 1. The summed E-state index contributed by atoms with van der Waals surface area (Å²) in [5.74, 6) is 0. The normalized spacial score (nSPS) is 4.67. The number of allylic oxidation sites excluding steroid dienone is 1. The lowest BCUT2D eigenvalue weighted by molar-refractivity contribution is -0.104. The van der Waals surface area contributed by atoms with Crippen LogP contribution in [0.5, 0.6) is 0 Å². The Kier molecular flexibility index (Phi) is 3.29. The van der Waals surface area contributed by atoms with Gasteiger partial charge >= 0.3 is 0 Å². The Balaban J connectivity index is 3.79. The van der Waals surface area contributed by atoms with E-state index in [1.54, 1.807) is 0 Å². The molecule has 0 aliphatic rings. The number of rotatable bonds is 1. The Labute approximate surface area is 36.3 Å². The van der Waals surface area contributed by atoms with Crippen molar-refractivity contribution < 1.29 is 4.79 Å². The largest absolute Gasteiger partial charge is 0.298 e. The molecular formula is C5H4O. The lowest BCUT2D eigenvalue weighted by atomic mass is 10.6. The SMILES string of the molecule is C=C=C=CC=O. The quantitative estimate of drug-likeness (QED) is 0.257. The Morgan fingerprint density at radius 1 is 1.67 bits per heavy atom. The van der Waals surface area contributed by atoms with Crippen molar-refractivity contribution in [1.82, 2.24) is 0 Å². The standard InChI is InChI=1S/C5H4O/c1-2-3-4-5-6/h4-5H,1H2. The zero-order chi connectivity index (χ0) is 4.83. The Hall–Kier alpha value is -1.03. The van der Waals surface area contributed by atoms with Crippen LogP contribution in [0.3, 0.4) is 0 Å². The van der Waals surface area contributed by atoms with E-state index in [2.05, 4.69) is 18.0 Å². The molecule has 0 N–H and O–H groups in total. The summed E-state index contributed by atoms with van der Waals surface area (Å²) in [7, 11) is 0. The maximum Gasteiger partial charge on any atom is 0.151 e. The number of aldehydes is 1. The topological polar surface area (TPSA) is 17.1 Å². The summed E-state index contributed by atoms with van der Waals surface area (Å²) in [4.78, 5) is 9.38. The summed E-state index contributed by atoms with van der Waals surface area (Å²) >= 11 is 0. The van der Waals surface area contributed by atoms with E-state index in [1.165, 1.54) is 6.08 Å². The first-order valence-corrected chi connectivity index (χ1v) is 1.46. The zero-order valence-corrected chi connectivity index (χ0v) is 3.27. The van der Waals surface area contributed by atoms with Crippen LogP contribution in [0.2, 0.25) is 0 Å². The van der Waals surface area contributed by atoms with Gasteiger partial charge in [0.05, 0.1) is 0 Å². The van der Waals surface area contributed by atoms with Gasteiger partial charge in [0.25, 0.3) is 0 Å². The average molecular weight is 80.1 g/mol. The van der Waals surface area contributed by atoms with E-state index in [4.69, 9.17) is 0 Å². The summed E-state index contributed by atoms with van der Waals surface area (Å²) in [6.07, 6.45) is 1.82. The molecule has 30 valence electrons. The van der Waals surface area contributed by atoms with E-state index in [9.17, 15) is 4.79 Å². The lowest BCUT2D eigenvalue weighted by Gasteiger charge is -1.43. The molecular weight excluding hydrogens is 76.1 g/mol. The van der Waals surface area contributed by atoms with Crippen molar-refractivity contribution in [2.24, 2.45) is 0 Å². The van der Waals surface area contributed by atoms with E-state index < -0.39 is 0 Å². The van der Waals surface area contributed by atoms with Gasteiger partial charge in [0.2, 0.25) is 0 Å². The molecule has 0 aromatic carbocycles. The van der Waals surface area contributed by atoms with E-state index in [0.29, 0.717) is 6.29 Å². The molecule has 0 radical (unpaired) electrons. The summed E-state index contributed by atoms with van der Waals surface area (Å²) in [6.45, 7) is 3.17. The van der Waals surface area contributed by atoms with E-state index in [-0.39, 0.29) is 0 Å². The maximum absolute atomic E-state index is 9.38. The lowest BCUT2D eigenvalue weighted by Crippen LogP contribution is -1.47. The fourth-order valence-electron chi connectivity index (χ4n) is 0.0929. The fourth-order valence-corrected chi connectivity index (χ4v) is 0.0929. The van der Waals surface area contributed by atoms with Crippen LogP contribution in [0.4, 0.5) is 0 Å². The van der Waals surface area contributed by atoms with Crippen LogP contribution in [0.25, 0.3) is 0 Å². The third-order valence-corrected chi connectivity index (χ3v) is 0.253. The number of hydrogen-bond donors (Lipinski definition) is 0. The number of carbonyl (C=O) groups excluding carboxylic acids is 1. The minimum absolute atomic E-state index is 0.623. The Morgan fingerprint density at radius 2 is 2.33 bits per heavy atom. The monoisotopic (exact) mass is 80.0 g/mol. The van der Waals surface area contributed by atoms with E-state index in [0.717, 1.165) is 0 Å². The van der Waals surface area contributed by atoms with E-state index in [1.807, 2.05) is 0 Å². The van der Waals surface area contributed by atoms with Gasteiger partial charge in [-0.1, -0.05) is 11.5 Å². The molecule has 0 aromatic heterocycles. The van der Waals surface area contributed by atoms with Gasteiger partial charge in [-0.05, 0) is 6.58 Å². The maximum atomic E-state index is 9.38. The molecule has 0 amide bonds. The molecule has 0 heterocycles. The van der Waals surface area contributed by atoms with Gasteiger partial charge < -0.3 is 0 Å². The van der Waals surface area contributed by atoms with Crippen molar-refractivity contribution in [2.75, 3.05) is 0 Å². The number of carbonyl (C=O) groups is 1. The molecule has 0 aliphatic heterocycles. The summed E-state index contributed by atoms with van der Waals surface area (Å²) in [5, 5.41) is 0. The summed E-state index contributed by atoms with van der Waals surface area (Å²) in [6, 6.07) is 0. The second kappa shape index (κ2) is 3.97. The van der Waals surface area contributed by atoms with Crippen LogP contribution in [0.1, 0.15) is 0 Å². The molecule has 0 atom stereocenters. The highest BCUT2D eigenvalue weighted by molar-refractivity contribution is 5.64. The highest BCUT2D eigenvalue weighted by Gasteiger charge is 1.46. The van der Waals surface area contributed by atoms with Gasteiger partial charge in [0, 0.05) is 6.08 Å². The predicted octanol–water partition coefficient (Wildman–Crippen LogP) is 0.681. The first kappa shape index (κ1) is 4.97.